The molecule has 136 valence electrons. The van der Waals surface area contributed by atoms with Crippen molar-refractivity contribution in [2.24, 2.45) is 0 Å². The molecular formula is C21H16Cl2N2O2. The normalized spacial score (nSPS) is 10.3. The zero-order valence-electron chi connectivity index (χ0n) is 14.4. The second-order valence-corrected chi connectivity index (χ2v) is 6.77. The van der Waals surface area contributed by atoms with Gasteiger partial charge in [-0.05, 0) is 55.0 Å². The minimum absolute atomic E-state index is 0.211. The van der Waals surface area contributed by atoms with Gasteiger partial charge >= 0.3 is 0 Å². The number of carbonyl (C=O) groups is 2. The van der Waals surface area contributed by atoms with Crippen LogP contribution in [-0.4, -0.2) is 11.8 Å². The van der Waals surface area contributed by atoms with E-state index in [4.69, 9.17) is 23.2 Å². The smallest absolute Gasteiger partial charge is 0.257 e. The third-order valence-electron chi connectivity index (χ3n) is 3.94. The van der Waals surface area contributed by atoms with Crippen LogP contribution in [-0.2, 0) is 0 Å². The molecule has 4 nitrogen and oxygen atoms in total. The zero-order chi connectivity index (χ0) is 19.4. The van der Waals surface area contributed by atoms with E-state index in [2.05, 4.69) is 10.6 Å². The van der Waals surface area contributed by atoms with Gasteiger partial charge in [0.25, 0.3) is 11.8 Å². The Morgan fingerprint density at radius 2 is 1.37 bits per heavy atom. The third kappa shape index (κ3) is 4.67. The molecule has 3 aromatic rings. The van der Waals surface area contributed by atoms with Crippen molar-refractivity contribution in [2.45, 2.75) is 6.92 Å². The first-order valence-corrected chi connectivity index (χ1v) is 8.93. The number of hydrogen-bond acceptors (Lipinski definition) is 2. The van der Waals surface area contributed by atoms with Crippen molar-refractivity contribution in [1.82, 2.24) is 0 Å². The number of amides is 2. The van der Waals surface area contributed by atoms with E-state index in [1.54, 1.807) is 42.5 Å². The summed E-state index contributed by atoms with van der Waals surface area (Å²) in [6.45, 7) is 1.88. The summed E-state index contributed by atoms with van der Waals surface area (Å²) in [6.07, 6.45) is 0. The van der Waals surface area contributed by atoms with Crippen LogP contribution in [0, 0.1) is 6.92 Å². The molecule has 0 radical (unpaired) electrons. The fourth-order valence-corrected chi connectivity index (χ4v) is 3.07. The van der Waals surface area contributed by atoms with Gasteiger partial charge in [-0.1, -0.05) is 47.5 Å². The molecule has 3 rings (SSSR count). The minimum Gasteiger partial charge on any atom is -0.322 e. The number of aryl methyl sites for hydroxylation is 1. The summed E-state index contributed by atoms with van der Waals surface area (Å²) in [5, 5.41) is 6.33. The molecule has 0 fully saturated rings. The van der Waals surface area contributed by atoms with E-state index in [0.29, 0.717) is 27.5 Å². The van der Waals surface area contributed by atoms with Crippen LogP contribution < -0.4 is 10.6 Å². The molecule has 2 amide bonds. The summed E-state index contributed by atoms with van der Waals surface area (Å²) >= 11 is 11.9. The van der Waals surface area contributed by atoms with Gasteiger partial charge in [0.2, 0.25) is 0 Å². The van der Waals surface area contributed by atoms with Gasteiger partial charge in [-0.2, -0.15) is 0 Å². The van der Waals surface area contributed by atoms with E-state index >= 15 is 0 Å². The predicted octanol–water partition coefficient (Wildman–Crippen LogP) is 5.81. The Morgan fingerprint density at radius 3 is 2.00 bits per heavy atom. The number of carbonyl (C=O) groups excluding carboxylic acids is 2. The van der Waals surface area contributed by atoms with Gasteiger partial charge in [0.1, 0.15) is 0 Å². The van der Waals surface area contributed by atoms with Crippen molar-refractivity contribution in [2.75, 3.05) is 10.6 Å². The molecule has 0 spiro atoms. The van der Waals surface area contributed by atoms with E-state index < -0.39 is 0 Å². The minimum atomic E-state index is -0.362. The molecule has 0 heterocycles. The monoisotopic (exact) mass is 398 g/mol. The van der Waals surface area contributed by atoms with Crippen molar-refractivity contribution in [3.05, 3.63) is 93.5 Å². The lowest BCUT2D eigenvalue weighted by Gasteiger charge is -2.11. The topological polar surface area (TPSA) is 58.2 Å². The molecule has 0 aliphatic heterocycles. The van der Waals surface area contributed by atoms with E-state index in [-0.39, 0.29) is 16.8 Å². The molecule has 2 N–H and O–H groups in total. The summed E-state index contributed by atoms with van der Waals surface area (Å²) in [5.74, 6) is -0.573. The molecule has 6 heteroatoms. The Balaban J connectivity index is 1.75. The first-order valence-electron chi connectivity index (χ1n) is 8.17. The molecular weight excluding hydrogens is 383 g/mol. The average molecular weight is 399 g/mol. The molecule has 0 saturated heterocycles. The second-order valence-electron chi connectivity index (χ2n) is 5.93. The zero-order valence-corrected chi connectivity index (χ0v) is 15.9. The van der Waals surface area contributed by atoms with Crippen LogP contribution in [0.4, 0.5) is 11.4 Å². The third-order valence-corrected chi connectivity index (χ3v) is 4.49. The maximum absolute atomic E-state index is 12.4. The van der Waals surface area contributed by atoms with Crippen molar-refractivity contribution in [3.8, 4) is 0 Å². The van der Waals surface area contributed by atoms with Crippen LogP contribution in [0.1, 0.15) is 26.3 Å². The lowest BCUT2D eigenvalue weighted by molar-refractivity contribution is 0.101. The van der Waals surface area contributed by atoms with Gasteiger partial charge in [0.05, 0.1) is 10.6 Å². The number of anilines is 2. The largest absolute Gasteiger partial charge is 0.322 e. The molecule has 0 aromatic heterocycles. The van der Waals surface area contributed by atoms with Crippen LogP contribution in [0.25, 0.3) is 0 Å². The predicted molar refractivity (Wildman–Crippen MR) is 110 cm³/mol. The number of rotatable bonds is 4. The van der Waals surface area contributed by atoms with E-state index in [0.717, 1.165) is 5.56 Å². The lowest BCUT2D eigenvalue weighted by atomic mass is 10.1. The molecule has 0 saturated carbocycles. The SMILES string of the molecule is Cc1ccccc1C(=O)Nc1cccc(NC(=O)c2ccc(Cl)cc2Cl)c1. The molecule has 27 heavy (non-hydrogen) atoms. The van der Waals surface area contributed by atoms with Crippen molar-refractivity contribution in [1.29, 1.82) is 0 Å². The van der Waals surface area contributed by atoms with E-state index in [9.17, 15) is 9.59 Å². The van der Waals surface area contributed by atoms with Gasteiger partial charge in [0, 0.05) is 22.0 Å². The highest BCUT2D eigenvalue weighted by Crippen LogP contribution is 2.23. The number of nitrogens with one attached hydrogen (secondary N) is 2. The Labute approximate surface area is 167 Å². The van der Waals surface area contributed by atoms with Crippen molar-refractivity contribution >= 4 is 46.4 Å². The fourth-order valence-electron chi connectivity index (χ4n) is 2.57. The van der Waals surface area contributed by atoms with Crippen LogP contribution in [0.5, 0.6) is 0 Å². The van der Waals surface area contributed by atoms with Crippen LogP contribution in [0.2, 0.25) is 10.0 Å². The van der Waals surface area contributed by atoms with Gasteiger partial charge in [-0.15, -0.1) is 0 Å². The van der Waals surface area contributed by atoms with E-state index in [1.807, 2.05) is 25.1 Å². The number of benzene rings is 3. The second kappa shape index (κ2) is 8.25. The lowest BCUT2D eigenvalue weighted by Crippen LogP contribution is -2.15. The highest BCUT2D eigenvalue weighted by Gasteiger charge is 2.12. The molecule has 0 unspecified atom stereocenters. The van der Waals surface area contributed by atoms with Gasteiger partial charge in [0.15, 0.2) is 0 Å². The maximum Gasteiger partial charge on any atom is 0.257 e. The fraction of sp³-hybridized carbons (Fsp3) is 0.0476. The van der Waals surface area contributed by atoms with Crippen LogP contribution >= 0.6 is 23.2 Å². The molecule has 0 bridgehead atoms. The Morgan fingerprint density at radius 1 is 0.741 bits per heavy atom. The summed E-state index contributed by atoms with van der Waals surface area (Å²) < 4.78 is 0. The maximum atomic E-state index is 12.4. The van der Waals surface area contributed by atoms with E-state index in [1.165, 1.54) is 6.07 Å². The first kappa shape index (κ1) is 19.0. The Kier molecular flexibility index (Phi) is 5.79. The average Bonchev–Trinajstić information content (AvgIpc) is 2.62. The summed E-state index contributed by atoms with van der Waals surface area (Å²) in [7, 11) is 0. The van der Waals surface area contributed by atoms with Crippen molar-refractivity contribution < 1.29 is 9.59 Å². The molecule has 0 aliphatic rings. The summed E-state index contributed by atoms with van der Waals surface area (Å²) in [6, 6.07) is 18.9. The Hall–Kier alpha value is -2.82. The first-order chi connectivity index (χ1) is 12.9. The highest BCUT2D eigenvalue weighted by molar-refractivity contribution is 6.37. The van der Waals surface area contributed by atoms with Gasteiger partial charge in [-0.25, -0.2) is 0 Å². The summed E-state index contributed by atoms with van der Waals surface area (Å²) in [5.41, 5.74) is 2.91. The number of halogens is 2. The summed E-state index contributed by atoms with van der Waals surface area (Å²) in [4.78, 5) is 24.9. The quantitative estimate of drug-likeness (QED) is 0.582. The highest BCUT2D eigenvalue weighted by atomic mass is 35.5. The standard InChI is InChI=1S/C21H16Cl2N2O2/c1-13-5-2-3-8-17(13)20(26)24-15-6-4-7-16(12-15)25-21(27)18-10-9-14(22)11-19(18)23/h2-12H,1H3,(H,24,26)(H,25,27). The molecule has 3 aromatic carbocycles. The van der Waals surface area contributed by atoms with Crippen LogP contribution in [0.3, 0.4) is 0 Å². The van der Waals surface area contributed by atoms with Crippen molar-refractivity contribution in [3.63, 3.8) is 0 Å². The molecule has 0 aliphatic carbocycles. The Bertz CT molecular complexity index is 1020. The molecule has 0 atom stereocenters. The number of hydrogen-bond donors (Lipinski definition) is 2. The van der Waals surface area contributed by atoms with Crippen LogP contribution in [0.15, 0.2) is 66.7 Å². The van der Waals surface area contributed by atoms with Gasteiger partial charge in [-0.3, -0.25) is 9.59 Å². The van der Waals surface area contributed by atoms with Gasteiger partial charge < -0.3 is 10.6 Å².